The molecule has 20 heavy (non-hydrogen) atoms. The fourth-order valence-corrected chi connectivity index (χ4v) is 1.85. The first-order valence-electron chi connectivity index (χ1n) is 5.95. The van der Waals surface area contributed by atoms with Crippen molar-refractivity contribution in [2.45, 2.75) is 6.61 Å². The summed E-state index contributed by atoms with van der Waals surface area (Å²) in [7, 11) is 1.35. The van der Waals surface area contributed by atoms with Gasteiger partial charge in [0.1, 0.15) is 12.4 Å². The second-order valence-corrected chi connectivity index (χ2v) is 4.60. The molecule has 0 radical (unpaired) electrons. The summed E-state index contributed by atoms with van der Waals surface area (Å²) in [5.41, 5.74) is 7.71. The fourth-order valence-electron chi connectivity index (χ4n) is 1.67. The van der Waals surface area contributed by atoms with Crippen LogP contribution in [0, 0.1) is 0 Å². The van der Waals surface area contributed by atoms with E-state index < -0.39 is 0 Å². The van der Waals surface area contributed by atoms with Crippen molar-refractivity contribution < 1.29 is 14.3 Å². The van der Waals surface area contributed by atoms with E-state index >= 15 is 0 Å². The van der Waals surface area contributed by atoms with E-state index in [1.165, 1.54) is 7.11 Å². The Balaban J connectivity index is 2.02. The van der Waals surface area contributed by atoms with E-state index in [2.05, 4.69) is 4.74 Å². The molecule has 0 aliphatic carbocycles. The highest BCUT2D eigenvalue weighted by Gasteiger charge is 2.05. The van der Waals surface area contributed by atoms with Crippen LogP contribution in [0.15, 0.2) is 42.5 Å². The number of carbonyl (C=O) groups excluding carboxylic acids is 1. The molecule has 0 atom stereocenters. The summed E-state index contributed by atoms with van der Waals surface area (Å²) in [6.45, 7) is 0.354. The first-order chi connectivity index (χ1) is 9.60. The number of methoxy groups -OCH3 is 1. The average molecular weight is 292 g/mol. The van der Waals surface area contributed by atoms with Gasteiger partial charge in [0.15, 0.2) is 0 Å². The highest BCUT2D eigenvalue weighted by molar-refractivity contribution is 6.30. The van der Waals surface area contributed by atoms with Gasteiger partial charge in [0.25, 0.3) is 0 Å². The van der Waals surface area contributed by atoms with E-state index in [1.807, 2.05) is 0 Å². The molecule has 0 spiro atoms. The van der Waals surface area contributed by atoms with Crippen LogP contribution in [-0.2, 0) is 11.3 Å². The molecule has 0 aromatic heterocycles. The zero-order valence-electron chi connectivity index (χ0n) is 10.9. The Kier molecular flexibility index (Phi) is 4.48. The summed E-state index contributed by atoms with van der Waals surface area (Å²) in [5.74, 6) is 0.214. The minimum Gasteiger partial charge on any atom is -0.487 e. The van der Waals surface area contributed by atoms with E-state index in [0.29, 0.717) is 28.6 Å². The second-order valence-electron chi connectivity index (χ2n) is 4.16. The molecule has 2 aromatic rings. The molecule has 2 aromatic carbocycles. The lowest BCUT2D eigenvalue weighted by Gasteiger charge is -2.09. The van der Waals surface area contributed by atoms with Crippen LogP contribution in [0.2, 0.25) is 5.02 Å². The maximum atomic E-state index is 11.3. The van der Waals surface area contributed by atoms with Crippen LogP contribution in [0.5, 0.6) is 5.75 Å². The molecule has 0 unspecified atom stereocenters. The Bertz CT molecular complexity index is 611. The van der Waals surface area contributed by atoms with E-state index in [9.17, 15) is 4.79 Å². The number of hydrogen-bond donors (Lipinski definition) is 1. The molecule has 0 saturated carbocycles. The predicted octanol–water partition coefficient (Wildman–Crippen LogP) is 3.29. The molecule has 104 valence electrons. The number of halogens is 1. The molecule has 0 bridgehead atoms. The van der Waals surface area contributed by atoms with Gasteiger partial charge in [-0.2, -0.15) is 0 Å². The third-order valence-corrected chi connectivity index (χ3v) is 2.98. The highest BCUT2D eigenvalue weighted by atomic mass is 35.5. The van der Waals surface area contributed by atoms with Crippen LogP contribution >= 0.6 is 11.6 Å². The van der Waals surface area contributed by atoms with Gasteiger partial charge >= 0.3 is 5.97 Å². The molecule has 0 fully saturated rings. The monoisotopic (exact) mass is 291 g/mol. The number of esters is 1. The van der Waals surface area contributed by atoms with E-state index in [1.54, 1.807) is 42.5 Å². The van der Waals surface area contributed by atoms with Gasteiger partial charge in [0, 0.05) is 5.02 Å². The van der Waals surface area contributed by atoms with E-state index in [-0.39, 0.29) is 5.97 Å². The zero-order chi connectivity index (χ0) is 14.5. The Morgan fingerprint density at radius 2 is 1.90 bits per heavy atom. The molecular weight excluding hydrogens is 278 g/mol. The van der Waals surface area contributed by atoms with Crippen molar-refractivity contribution in [3.05, 3.63) is 58.6 Å². The Labute approximate surface area is 122 Å². The number of carbonyl (C=O) groups is 1. The number of anilines is 1. The SMILES string of the molecule is COC(=O)c1ccc(COc2ccc(Cl)cc2N)cc1. The lowest BCUT2D eigenvalue weighted by Crippen LogP contribution is -2.02. The molecule has 0 aliphatic rings. The first kappa shape index (κ1) is 14.2. The standard InChI is InChI=1S/C15H14ClNO3/c1-19-15(18)11-4-2-10(3-5-11)9-20-14-7-6-12(16)8-13(14)17/h2-8H,9,17H2,1H3. The number of ether oxygens (including phenoxy) is 2. The minimum absolute atomic E-state index is 0.354. The number of nitrogens with two attached hydrogens (primary N) is 1. The third kappa shape index (κ3) is 3.42. The molecule has 0 heterocycles. The van der Waals surface area contributed by atoms with Crippen LogP contribution < -0.4 is 10.5 Å². The summed E-state index contributed by atoms with van der Waals surface area (Å²) < 4.78 is 10.2. The quantitative estimate of drug-likeness (QED) is 0.693. The molecule has 2 N–H and O–H groups in total. The maximum Gasteiger partial charge on any atom is 0.337 e. The van der Waals surface area contributed by atoms with Crippen molar-refractivity contribution in [1.82, 2.24) is 0 Å². The molecule has 0 saturated heterocycles. The summed E-state index contributed by atoms with van der Waals surface area (Å²) in [6, 6.07) is 12.1. The Morgan fingerprint density at radius 1 is 1.20 bits per heavy atom. The van der Waals surface area contributed by atoms with Crippen LogP contribution in [0.1, 0.15) is 15.9 Å². The summed E-state index contributed by atoms with van der Waals surface area (Å²) in [5, 5.41) is 0.567. The van der Waals surface area contributed by atoms with Crippen molar-refractivity contribution in [3.8, 4) is 5.75 Å². The van der Waals surface area contributed by atoms with Gasteiger partial charge in [-0.1, -0.05) is 23.7 Å². The number of hydrogen-bond acceptors (Lipinski definition) is 4. The van der Waals surface area contributed by atoms with Gasteiger partial charge in [0.2, 0.25) is 0 Å². The Morgan fingerprint density at radius 3 is 2.50 bits per heavy atom. The second kappa shape index (κ2) is 6.30. The lowest BCUT2D eigenvalue weighted by atomic mass is 10.1. The zero-order valence-corrected chi connectivity index (χ0v) is 11.7. The molecule has 5 heteroatoms. The number of benzene rings is 2. The number of nitrogen functional groups attached to an aromatic ring is 1. The summed E-state index contributed by atoms with van der Waals surface area (Å²) in [6.07, 6.45) is 0. The molecular formula is C15H14ClNO3. The van der Waals surface area contributed by atoms with Crippen molar-refractivity contribution in [3.63, 3.8) is 0 Å². The molecule has 0 aliphatic heterocycles. The summed E-state index contributed by atoms with van der Waals surface area (Å²) in [4.78, 5) is 11.3. The minimum atomic E-state index is -0.362. The number of rotatable bonds is 4. The van der Waals surface area contributed by atoms with Crippen LogP contribution in [0.25, 0.3) is 0 Å². The van der Waals surface area contributed by atoms with Gasteiger partial charge in [-0.3, -0.25) is 0 Å². The van der Waals surface area contributed by atoms with Crippen molar-refractivity contribution >= 4 is 23.3 Å². The third-order valence-electron chi connectivity index (χ3n) is 2.74. The maximum absolute atomic E-state index is 11.3. The largest absolute Gasteiger partial charge is 0.487 e. The van der Waals surface area contributed by atoms with Crippen molar-refractivity contribution in [2.75, 3.05) is 12.8 Å². The fraction of sp³-hybridized carbons (Fsp3) is 0.133. The van der Waals surface area contributed by atoms with Crippen LogP contribution in [0.4, 0.5) is 5.69 Å². The topological polar surface area (TPSA) is 61.5 Å². The van der Waals surface area contributed by atoms with Gasteiger partial charge < -0.3 is 15.2 Å². The van der Waals surface area contributed by atoms with Crippen LogP contribution in [0.3, 0.4) is 0 Å². The average Bonchev–Trinajstić information content (AvgIpc) is 2.46. The van der Waals surface area contributed by atoms with Gasteiger partial charge in [-0.25, -0.2) is 4.79 Å². The van der Waals surface area contributed by atoms with Gasteiger partial charge in [-0.05, 0) is 35.9 Å². The molecule has 0 amide bonds. The summed E-state index contributed by atoms with van der Waals surface area (Å²) >= 11 is 5.82. The van der Waals surface area contributed by atoms with Crippen molar-refractivity contribution in [2.24, 2.45) is 0 Å². The van der Waals surface area contributed by atoms with Crippen molar-refractivity contribution in [1.29, 1.82) is 0 Å². The lowest BCUT2D eigenvalue weighted by molar-refractivity contribution is 0.0600. The normalized spacial score (nSPS) is 10.1. The smallest absolute Gasteiger partial charge is 0.337 e. The molecule has 2 rings (SSSR count). The predicted molar refractivity (Wildman–Crippen MR) is 78.0 cm³/mol. The van der Waals surface area contributed by atoms with Crippen LogP contribution in [-0.4, -0.2) is 13.1 Å². The first-order valence-corrected chi connectivity index (χ1v) is 6.33. The Hall–Kier alpha value is -2.20. The van der Waals surface area contributed by atoms with E-state index in [0.717, 1.165) is 5.56 Å². The van der Waals surface area contributed by atoms with Gasteiger partial charge in [0.05, 0.1) is 18.4 Å². The highest BCUT2D eigenvalue weighted by Crippen LogP contribution is 2.25. The molecule has 4 nitrogen and oxygen atoms in total. The van der Waals surface area contributed by atoms with Gasteiger partial charge in [-0.15, -0.1) is 0 Å². The van der Waals surface area contributed by atoms with E-state index in [4.69, 9.17) is 22.1 Å².